The van der Waals surface area contributed by atoms with Crippen LogP contribution in [-0.2, 0) is 12.7 Å². The molecule has 0 aliphatic carbocycles. The molecule has 0 saturated heterocycles. The number of nitrogens with one attached hydrogen (secondary N) is 2. The van der Waals surface area contributed by atoms with Gasteiger partial charge in [-0.2, -0.15) is 13.2 Å². The molecule has 4 N–H and O–H groups in total. The third-order valence-corrected chi connectivity index (χ3v) is 4.54. The van der Waals surface area contributed by atoms with E-state index in [1.807, 2.05) is 24.3 Å². The van der Waals surface area contributed by atoms with Crippen molar-refractivity contribution in [2.75, 3.05) is 18.2 Å². The molecule has 0 aliphatic rings. The standard InChI is InChI=1S/C20H17F3N6O/c1-30-13-4-2-11(3-5-13)7-27-19-28-10-16(24)17(29-19)15-9-26-18-14(15)6-12(8-25-18)20(21,22)23/h2-6,8-10H,7,24H2,1H3,(H,25,26)(H,27,28,29). The van der Waals surface area contributed by atoms with E-state index in [1.165, 1.54) is 12.4 Å². The molecule has 0 spiro atoms. The van der Waals surface area contributed by atoms with E-state index in [-0.39, 0.29) is 11.1 Å². The lowest BCUT2D eigenvalue weighted by molar-refractivity contribution is -0.137. The van der Waals surface area contributed by atoms with Crippen molar-refractivity contribution in [3.8, 4) is 17.0 Å². The number of nitrogens with two attached hydrogens (primary N) is 1. The first-order valence-electron chi connectivity index (χ1n) is 8.89. The van der Waals surface area contributed by atoms with E-state index in [0.717, 1.165) is 23.6 Å². The fourth-order valence-electron chi connectivity index (χ4n) is 2.97. The first-order valence-corrected chi connectivity index (χ1v) is 8.89. The van der Waals surface area contributed by atoms with Gasteiger partial charge in [-0.25, -0.2) is 15.0 Å². The summed E-state index contributed by atoms with van der Waals surface area (Å²) in [6.07, 6.45) is -0.770. The third-order valence-electron chi connectivity index (χ3n) is 4.54. The molecule has 0 radical (unpaired) electrons. The monoisotopic (exact) mass is 414 g/mol. The highest BCUT2D eigenvalue weighted by molar-refractivity contribution is 5.95. The number of aromatic amines is 1. The maximum atomic E-state index is 13.1. The maximum absolute atomic E-state index is 13.1. The van der Waals surface area contributed by atoms with Crippen molar-refractivity contribution in [2.45, 2.75) is 12.7 Å². The molecule has 10 heteroatoms. The van der Waals surface area contributed by atoms with Crippen LogP contribution in [0.4, 0.5) is 24.8 Å². The summed E-state index contributed by atoms with van der Waals surface area (Å²) in [5.74, 6) is 1.04. The Morgan fingerprint density at radius 1 is 1.13 bits per heavy atom. The third kappa shape index (κ3) is 3.84. The van der Waals surface area contributed by atoms with Crippen LogP contribution >= 0.6 is 0 Å². The molecule has 4 aromatic rings. The van der Waals surface area contributed by atoms with Gasteiger partial charge in [0.05, 0.1) is 24.6 Å². The Kier molecular flexibility index (Phi) is 4.90. The fraction of sp³-hybridized carbons (Fsp3) is 0.150. The zero-order valence-corrected chi connectivity index (χ0v) is 15.8. The van der Waals surface area contributed by atoms with Gasteiger partial charge in [-0.15, -0.1) is 0 Å². The Morgan fingerprint density at radius 2 is 1.90 bits per heavy atom. The number of methoxy groups -OCH3 is 1. The molecule has 3 aromatic heterocycles. The number of ether oxygens (including phenoxy) is 1. The SMILES string of the molecule is COc1ccc(CNc2ncc(N)c(-c3c[nH]c4ncc(C(F)(F)F)cc34)n2)cc1. The lowest BCUT2D eigenvalue weighted by atomic mass is 10.1. The second-order valence-corrected chi connectivity index (χ2v) is 6.52. The molecule has 0 atom stereocenters. The lowest BCUT2D eigenvalue weighted by Crippen LogP contribution is -2.06. The number of nitrogen functional groups attached to an aromatic ring is 1. The number of aromatic nitrogens is 4. The molecule has 0 saturated carbocycles. The number of fused-ring (bicyclic) bond motifs is 1. The van der Waals surface area contributed by atoms with Crippen LogP contribution in [0, 0.1) is 0 Å². The van der Waals surface area contributed by atoms with Crippen LogP contribution in [-0.4, -0.2) is 27.0 Å². The highest BCUT2D eigenvalue weighted by atomic mass is 19.4. The molecule has 4 rings (SSSR count). The van der Waals surface area contributed by atoms with Crippen molar-refractivity contribution >= 4 is 22.7 Å². The van der Waals surface area contributed by atoms with Gasteiger partial charge in [-0.05, 0) is 23.8 Å². The van der Waals surface area contributed by atoms with Gasteiger partial charge in [0.2, 0.25) is 5.95 Å². The average Bonchev–Trinajstić information content (AvgIpc) is 3.16. The topological polar surface area (TPSA) is 102 Å². The number of anilines is 2. The van der Waals surface area contributed by atoms with Crippen molar-refractivity contribution in [2.24, 2.45) is 0 Å². The van der Waals surface area contributed by atoms with Gasteiger partial charge in [-0.1, -0.05) is 12.1 Å². The first kappa shape index (κ1) is 19.5. The van der Waals surface area contributed by atoms with Crippen LogP contribution in [0.3, 0.4) is 0 Å². The quantitative estimate of drug-likeness (QED) is 0.452. The highest BCUT2D eigenvalue weighted by Gasteiger charge is 2.31. The molecule has 0 unspecified atom stereocenters. The molecule has 30 heavy (non-hydrogen) atoms. The minimum Gasteiger partial charge on any atom is -0.497 e. The summed E-state index contributed by atoms with van der Waals surface area (Å²) >= 11 is 0. The maximum Gasteiger partial charge on any atom is 0.417 e. The fourth-order valence-corrected chi connectivity index (χ4v) is 2.97. The second kappa shape index (κ2) is 7.54. The van der Waals surface area contributed by atoms with Gasteiger partial charge in [0.15, 0.2) is 0 Å². The van der Waals surface area contributed by atoms with Crippen LogP contribution < -0.4 is 15.8 Å². The molecule has 0 bridgehead atoms. The summed E-state index contributed by atoms with van der Waals surface area (Å²) in [6.45, 7) is 0.445. The average molecular weight is 414 g/mol. The molecule has 1 aromatic carbocycles. The predicted molar refractivity (Wildman–Crippen MR) is 107 cm³/mol. The minimum atomic E-state index is -4.50. The number of nitrogens with zero attached hydrogens (tertiary/aromatic N) is 3. The van der Waals surface area contributed by atoms with E-state index < -0.39 is 11.7 Å². The van der Waals surface area contributed by atoms with Gasteiger partial charge in [0, 0.05) is 29.9 Å². The van der Waals surface area contributed by atoms with Crippen LogP contribution in [0.1, 0.15) is 11.1 Å². The molecule has 3 heterocycles. The number of H-pyrrole nitrogens is 1. The summed E-state index contributed by atoms with van der Waals surface area (Å²) in [6, 6.07) is 8.50. The zero-order chi connectivity index (χ0) is 21.3. The minimum absolute atomic E-state index is 0.239. The van der Waals surface area contributed by atoms with Crippen LogP contribution in [0.2, 0.25) is 0 Å². The first-order chi connectivity index (χ1) is 14.3. The second-order valence-electron chi connectivity index (χ2n) is 6.52. The zero-order valence-electron chi connectivity index (χ0n) is 15.8. The molecular formula is C20H17F3N6O. The predicted octanol–water partition coefficient (Wildman–Crippen LogP) is 4.24. The Bertz CT molecular complexity index is 1190. The molecule has 7 nitrogen and oxygen atoms in total. The van der Waals surface area contributed by atoms with Crippen molar-refractivity contribution in [1.29, 1.82) is 0 Å². The number of halogens is 3. The molecule has 0 aliphatic heterocycles. The van der Waals surface area contributed by atoms with Gasteiger partial charge in [0.25, 0.3) is 0 Å². The summed E-state index contributed by atoms with van der Waals surface area (Å²) in [4.78, 5) is 15.3. The summed E-state index contributed by atoms with van der Waals surface area (Å²) in [5.41, 5.74) is 7.42. The van der Waals surface area contributed by atoms with Crippen molar-refractivity contribution in [1.82, 2.24) is 19.9 Å². The number of alkyl halides is 3. The lowest BCUT2D eigenvalue weighted by Gasteiger charge is -2.10. The van der Waals surface area contributed by atoms with Gasteiger partial charge >= 0.3 is 6.18 Å². The van der Waals surface area contributed by atoms with Gasteiger partial charge in [-0.3, -0.25) is 0 Å². The number of pyridine rings is 1. The summed E-state index contributed by atoms with van der Waals surface area (Å²) in [5, 5.41) is 3.36. The van der Waals surface area contributed by atoms with Crippen molar-refractivity contribution in [3.63, 3.8) is 0 Å². The van der Waals surface area contributed by atoms with E-state index in [1.54, 1.807) is 7.11 Å². The molecule has 0 amide bonds. The number of hydrogen-bond acceptors (Lipinski definition) is 6. The Morgan fingerprint density at radius 3 is 2.60 bits per heavy atom. The van der Waals surface area contributed by atoms with Crippen molar-refractivity contribution in [3.05, 3.63) is 60.0 Å². The smallest absolute Gasteiger partial charge is 0.417 e. The largest absolute Gasteiger partial charge is 0.497 e. The van der Waals surface area contributed by atoms with Gasteiger partial charge < -0.3 is 20.8 Å². The van der Waals surface area contributed by atoms with E-state index >= 15 is 0 Å². The van der Waals surface area contributed by atoms with Crippen LogP contribution in [0.5, 0.6) is 5.75 Å². The summed E-state index contributed by atoms with van der Waals surface area (Å²) < 4.78 is 44.4. The van der Waals surface area contributed by atoms with Crippen molar-refractivity contribution < 1.29 is 17.9 Å². The van der Waals surface area contributed by atoms with Gasteiger partial charge in [0.1, 0.15) is 17.1 Å². The Hall–Kier alpha value is -3.82. The van der Waals surface area contributed by atoms with E-state index in [2.05, 4.69) is 25.3 Å². The van der Waals surface area contributed by atoms with E-state index in [9.17, 15) is 13.2 Å². The van der Waals surface area contributed by atoms with E-state index in [4.69, 9.17) is 10.5 Å². The molecular weight excluding hydrogens is 397 g/mol. The summed E-state index contributed by atoms with van der Waals surface area (Å²) in [7, 11) is 1.59. The van der Waals surface area contributed by atoms with Crippen LogP contribution in [0.25, 0.3) is 22.3 Å². The Labute approximate surface area is 169 Å². The normalized spacial score (nSPS) is 11.6. The van der Waals surface area contributed by atoms with Crippen LogP contribution in [0.15, 0.2) is 48.9 Å². The number of hydrogen-bond donors (Lipinski definition) is 3. The van der Waals surface area contributed by atoms with E-state index in [0.29, 0.717) is 29.4 Å². The number of rotatable bonds is 5. The molecule has 0 fully saturated rings. The highest BCUT2D eigenvalue weighted by Crippen LogP contribution is 2.35. The Balaban J connectivity index is 1.64. The molecule has 154 valence electrons. The number of benzene rings is 1.